The monoisotopic (exact) mass is 837 g/mol. The van der Waals surface area contributed by atoms with Crippen LogP contribution in [0.25, 0.3) is 0 Å². The number of rotatable bonds is 46. The third-order valence-electron chi connectivity index (χ3n) is 10.7. The van der Waals surface area contributed by atoms with Gasteiger partial charge in [-0.3, -0.25) is 9.59 Å². The Bertz CT molecular complexity index is 1080. The molecular formula is C55H96O5. The first-order valence-corrected chi connectivity index (χ1v) is 25.5. The third kappa shape index (κ3) is 48.0. The van der Waals surface area contributed by atoms with E-state index in [1.807, 2.05) is 0 Å². The maximum atomic E-state index is 12.7. The molecule has 0 aliphatic carbocycles. The van der Waals surface area contributed by atoms with Crippen LogP contribution in [-0.4, -0.2) is 37.9 Å². The summed E-state index contributed by atoms with van der Waals surface area (Å²) in [5, 5.41) is 0. The summed E-state index contributed by atoms with van der Waals surface area (Å²) in [6.07, 6.45) is 64.8. The topological polar surface area (TPSA) is 61.8 Å². The number of hydrogen-bond acceptors (Lipinski definition) is 5. The van der Waals surface area contributed by atoms with Crippen molar-refractivity contribution in [1.29, 1.82) is 0 Å². The van der Waals surface area contributed by atoms with Crippen LogP contribution in [0.15, 0.2) is 72.9 Å². The number of carbonyl (C=O) groups excluding carboxylic acids is 2. The number of hydrogen-bond donors (Lipinski definition) is 0. The van der Waals surface area contributed by atoms with E-state index in [1.165, 1.54) is 122 Å². The van der Waals surface area contributed by atoms with Gasteiger partial charge >= 0.3 is 11.9 Å². The van der Waals surface area contributed by atoms with Crippen LogP contribution in [0.5, 0.6) is 0 Å². The van der Waals surface area contributed by atoms with Crippen molar-refractivity contribution in [2.45, 2.75) is 245 Å². The molecule has 0 aliphatic rings. The molecule has 0 aromatic heterocycles. The van der Waals surface area contributed by atoms with Crippen LogP contribution < -0.4 is 0 Å². The molecule has 0 rings (SSSR count). The Hall–Kier alpha value is -2.66. The lowest BCUT2D eigenvalue weighted by Crippen LogP contribution is -2.30. The fourth-order valence-corrected chi connectivity index (χ4v) is 6.83. The summed E-state index contributed by atoms with van der Waals surface area (Å²) >= 11 is 0. The molecular weight excluding hydrogens is 741 g/mol. The predicted molar refractivity (Wildman–Crippen MR) is 260 cm³/mol. The molecule has 0 radical (unpaired) electrons. The van der Waals surface area contributed by atoms with Gasteiger partial charge in [-0.1, -0.05) is 196 Å². The fourth-order valence-electron chi connectivity index (χ4n) is 6.83. The van der Waals surface area contributed by atoms with Crippen molar-refractivity contribution >= 4 is 11.9 Å². The van der Waals surface area contributed by atoms with E-state index < -0.39 is 6.10 Å². The highest BCUT2D eigenvalue weighted by Gasteiger charge is 2.17. The molecule has 1 unspecified atom stereocenters. The van der Waals surface area contributed by atoms with Crippen molar-refractivity contribution < 1.29 is 23.8 Å². The average molecular weight is 837 g/mol. The van der Waals surface area contributed by atoms with Crippen molar-refractivity contribution in [2.75, 3.05) is 19.8 Å². The van der Waals surface area contributed by atoms with Crippen LogP contribution in [-0.2, 0) is 23.8 Å². The number of esters is 2. The molecule has 346 valence electrons. The summed E-state index contributed by atoms with van der Waals surface area (Å²) in [6, 6.07) is 0. The normalized spacial score (nSPS) is 12.8. The van der Waals surface area contributed by atoms with E-state index in [-0.39, 0.29) is 25.2 Å². The Balaban J connectivity index is 4.26. The average Bonchev–Trinajstić information content (AvgIpc) is 3.25. The maximum absolute atomic E-state index is 12.7. The van der Waals surface area contributed by atoms with Gasteiger partial charge in [0, 0.05) is 19.4 Å². The van der Waals surface area contributed by atoms with Gasteiger partial charge in [0.1, 0.15) is 6.61 Å². The lowest BCUT2D eigenvalue weighted by molar-refractivity contribution is -0.163. The maximum Gasteiger partial charge on any atom is 0.306 e. The highest BCUT2D eigenvalue weighted by atomic mass is 16.6. The third-order valence-corrected chi connectivity index (χ3v) is 10.7. The summed E-state index contributed by atoms with van der Waals surface area (Å²) in [7, 11) is 0. The zero-order chi connectivity index (χ0) is 43.5. The molecule has 5 heteroatoms. The van der Waals surface area contributed by atoms with Crippen molar-refractivity contribution in [3.63, 3.8) is 0 Å². The Labute approximate surface area is 372 Å². The van der Waals surface area contributed by atoms with Gasteiger partial charge in [-0.05, 0) is 103 Å². The molecule has 0 saturated carbocycles. The van der Waals surface area contributed by atoms with Gasteiger partial charge in [0.05, 0.1) is 6.61 Å². The Morgan fingerprint density at radius 1 is 0.367 bits per heavy atom. The zero-order valence-corrected chi connectivity index (χ0v) is 39.7. The summed E-state index contributed by atoms with van der Waals surface area (Å²) in [4.78, 5) is 25.3. The molecule has 0 bridgehead atoms. The lowest BCUT2D eigenvalue weighted by atomic mass is 10.1. The number of allylic oxidation sites excluding steroid dienone is 12. The standard InChI is InChI=1S/C55H96O5/c1-4-7-10-13-16-19-22-24-25-26-27-28-29-30-32-35-38-41-44-47-50-58-51-53(60-55(57)49-46-43-40-37-33-21-18-15-12-9-6-3)52-59-54(56)48-45-42-39-36-34-31-23-20-17-14-11-8-5-2/h11,14-16,18-20,23-25,27-28,53H,4-10,12-13,17,21-22,26,29-52H2,1-3H3/b14-11-,18-15-,19-16-,23-20-,25-24-,28-27-. The summed E-state index contributed by atoms with van der Waals surface area (Å²) in [5.41, 5.74) is 0. The summed E-state index contributed by atoms with van der Waals surface area (Å²) < 4.78 is 17.4. The summed E-state index contributed by atoms with van der Waals surface area (Å²) in [5.74, 6) is -0.430. The van der Waals surface area contributed by atoms with Gasteiger partial charge in [0.25, 0.3) is 0 Å². The highest BCUT2D eigenvalue weighted by Crippen LogP contribution is 2.13. The second-order valence-electron chi connectivity index (χ2n) is 16.7. The van der Waals surface area contributed by atoms with Gasteiger partial charge in [-0.25, -0.2) is 0 Å². The molecule has 0 aromatic rings. The largest absolute Gasteiger partial charge is 0.462 e. The first kappa shape index (κ1) is 57.3. The molecule has 0 spiro atoms. The van der Waals surface area contributed by atoms with E-state index in [0.717, 1.165) is 83.5 Å². The van der Waals surface area contributed by atoms with Gasteiger partial charge in [-0.2, -0.15) is 0 Å². The van der Waals surface area contributed by atoms with E-state index in [0.29, 0.717) is 19.4 Å². The van der Waals surface area contributed by atoms with Gasteiger partial charge in [0.15, 0.2) is 6.10 Å². The lowest BCUT2D eigenvalue weighted by Gasteiger charge is -2.18. The van der Waals surface area contributed by atoms with Crippen LogP contribution >= 0.6 is 0 Å². The number of unbranched alkanes of at least 4 members (excludes halogenated alkanes) is 23. The quantitative estimate of drug-likeness (QED) is 0.0347. The van der Waals surface area contributed by atoms with Crippen molar-refractivity contribution in [3.8, 4) is 0 Å². The molecule has 0 heterocycles. The molecule has 0 N–H and O–H groups in total. The van der Waals surface area contributed by atoms with E-state index in [4.69, 9.17) is 14.2 Å². The Morgan fingerprint density at radius 3 is 1.25 bits per heavy atom. The second-order valence-corrected chi connectivity index (χ2v) is 16.7. The van der Waals surface area contributed by atoms with Crippen LogP contribution in [0.4, 0.5) is 0 Å². The van der Waals surface area contributed by atoms with Crippen LogP contribution in [0, 0.1) is 0 Å². The van der Waals surface area contributed by atoms with Gasteiger partial charge in [-0.15, -0.1) is 0 Å². The first-order chi connectivity index (χ1) is 29.6. The fraction of sp³-hybridized carbons (Fsp3) is 0.745. The first-order valence-electron chi connectivity index (χ1n) is 25.5. The molecule has 60 heavy (non-hydrogen) atoms. The minimum Gasteiger partial charge on any atom is -0.462 e. The van der Waals surface area contributed by atoms with Crippen LogP contribution in [0.3, 0.4) is 0 Å². The minimum absolute atomic E-state index is 0.0685. The predicted octanol–water partition coefficient (Wildman–Crippen LogP) is 17.1. The van der Waals surface area contributed by atoms with Crippen LogP contribution in [0.1, 0.15) is 239 Å². The second kappa shape index (κ2) is 50.7. The zero-order valence-electron chi connectivity index (χ0n) is 39.7. The Kier molecular flexibility index (Phi) is 48.4. The molecule has 0 aliphatic heterocycles. The molecule has 0 fully saturated rings. The minimum atomic E-state index is -0.552. The van der Waals surface area contributed by atoms with Crippen molar-refractivity contribution in [1.82, 2.24) is 0 Å². The number of ether oxygens (including phenoxy) is 3. The van der Waals surface area contributed by atoms with Gasteiger partial charge in [0.2, 0.25) is 0 Å². The smallest absolute Gasteiger partial charge is 0.306 e. The van der Waals surface area contributed by atoms with E-state index in [1.54, 1.807) is 0 Å². The van der Waals surface area contributed by atoms with E-state index in [9.17, 15) is 9.59 Å². The van der Waals surface area contributed by atoms with Crippen LogP contribution in [0.2, 0.25) is 0 Å². The highest BCUT2D eigenvalue weighted by molar-refractivity contribution is 5.70. The molecule has 5 nitrogen and oxygen atoms in total. The van der Waals surface area contributed by atoms with Crippen molar-refractivity contribution in [3.05, 3.63) is 72.9 Å². The Morgan fingerprint density at radius 2 is 0.750 bits per heavy atom. The molecule has 0 amide bonds. The molecule has 1 atom stereocenters. The number of carbonyl (C=O) groups is 2. The SMILES string of the molecule is CCC/C=C\C/C=C\CCCCCCCC(=O)OCC(COCCCCCCCCC/C=C\C/C=C\C/C=C\CCCCC)OC(=O)CCCCCCC/C=C\CCCC. The van der Waals surface area contributed by atoms with E-state index >= 15 is 0 Å². The van der Waals surface area contributed by atoms with Gasteiger partial charge < -0.3 is 14.2 Å². The van der Waals surface area contributed by atoms with Crippen molar-refractivity contribution in [2.24, 2.45) is 0 Å². The molecule has 0 saturated heterocycles. The summed E-state index contributed by atoms with van der Waals surface area (Å²) in [6.45, 7) is 7.66. The van der Waals surface area contributed by atoms with E-state index in [2.05, 4.69) is 93.7 Å². The molecule has 0 aromatic carbocycles.